The van der Waals surface area contributed by atoms with Gasteiger partial charge in [-0.2, -0.15) is 0 Å². The summed E-state index contributed by atoms with van der Waals surface area (Å²) < 4.78 is 0. The molecular formula is C14H25N3S. The topological polar surface area (TPSA) is 36.4 Å². The summed E-state index contributed by atoms with van der Waals surface area (Å²) in [6.07, 6.45) is 3.53. The third-order valence-electron chi connectivity index (χ3n) is 2.79. The molecule has 18 heavy (non-hydrogen) atoms. The average Bonchev–Trinajstić information content (AvgIpc) is 2.86. The van der Waals surface area contributed by atoms with Crippen LogP contribution in [0.25, 0.3) is 0 Å². The maximum Gasteiger partial charge on any atom is 0.190 e. The second-order valence-corrected chi connectivity index (χ2v) is 5.65. The van der Waals surface area contributed by atoms with Crippen molar-refractivity contribution in [2.24, 2.45) is 10.9 Å². The fraction of sp³-hybridized carbons (Fsp3) is 0.643. The molecule has 0 spiro atoms. The Balaban J connectivity index is 2.21. The molecule has 1 heterocycles. The molecule has 0 aliphatic carbocycles. The Labute approximate surface area is 115 Å². The number of thiophene rings is 1. The van der Waals surface area contributed by atoms with Gasteiger partial charge < -0.3 is 10.6 Å². The zero-order valence-electron chi connectivity index (χ0n) is 11.7. The highest BCUT2D eigenvalue weighted by atomic mass is 32.1. The molecule has 0 fully saturated rings. The lowest BCUT2D eigenvalue weighted by molar-refractivity contribution is 0.561. The Hall–Kier alpha value is -1.03. The second-order valence-electron chi connectivity index (χ2n) is 4.62. The van der Waals surface area contributed by atoms with Crippen molar-refractivity contribution in [2.75, 3.05) is 20.1 Å². The third kappa shape index (κ3) is 6.05. The van der Waals surface area contributed by atoms with E-state index in [-0.39, 0.29) is 0 Å². The van der Waals surface area contributed by atoms with E-state index in [0.717, 1.165) is 25.5 Å². The van der Waals surface area contributed by atoms with Gasteiger partial charge in [-0.05, 0) is 30.2 Å². The number of nitrogens with one attached hydrogen (secondary N) is 2. The van der Waals surface area contributed by atoms with Gasteiger partial charge in [-0.15, -0.1) is 11.3 Å². The molecule has 4 heteroatoms. The second kappa shape index (κ2) is 8.97. The number of hydrogen-bond acceptors (Lipinski definition) is 2. The van der Waals surface area contributed by atoms with Gasteiger partial charge in [0.2, 0.25) is 0 Å². The van der Waals surface area contributed by atoms with Crippen LogP contribution in [-0.2, 0) is 6.42 Å². The van der Waals surface area contributed by atoms with Gasteiger partial charge in [0.05, 0.1) is 0 Å². The summed E-state index contributed by atoms with van der Waals surface area (Å²) in [4.78, 5) is 5.68. The maximum atomic E-state index is 4.23. The molecule has 102 valence electrons. The van der Waals surface area contributed by atoms with E-state index in [1.165, 1.54) is 17.7 Å². The van der Waals surface area contributed by atoms with Crippen LogP contribution in [0.15, 0.2) is 22.5 Å². The van der Waals surface area contributed by atoms with Crippen molar-refractivity contribution < 1.29 is 0 Å². The van der Waals surface area contributed by atoms with Gasteiger partial charge in [0.1, 0.15) is 0 Å². The van der Waals surface area contributed by atoms with Crippen LogP contribution in [-0.4, -0.2) is 26.1 Å². The molecule has 1 unspecified atom stereocenters. The monoisotopic (exact) mass is 267 g/mol. The summed E-state index contributed by atoms with van der Waals surface area (Å²) in [5.74, 6) is 1.54. The lowest BCUT2D eigenvalue weighted by Gasteiger charge is -2.15. The average molecular weight is 267 g/mol. The van der Waals surface area contributed by atoms with E-state index in [9.17, 15) is 0 Å². The minimum absolute atomic E-state index is 0.619. The fourth-order valence-electron chi connectivity index (χ4n) is 1.72. The van der Waals surface area contributed by atoms with Crippen LogP contribution in [0.4, 0.5) is 0 Å². The molecule has 1 aromatic rings. The van der Waals surface area contributed by atoms with E-state index in [1.807, 2.05) is 18.4 Å². The van der Waals surface area contributed by atoms with Crippen LogP contribution in [0.5, 0.6) is 0 Å². The molecule has 1 atom stereocenters. The van der Waals surface area contributed by atoms with Crippen LogP contribution >= 0.6 is 11.3 Å². The van der Waals surface area contributed by atoms with E-state index in [0.29, 0.717) is 5.92 Å². The lowest BCUT2D eigenvalue weighted by Crippen LogP contribution is -2.40. The number of aliphatic imine (C=N–C) groups is 1. The minimum Gasteiger partial charge on any atom is -0.356 e. The van der Waals surface area contributed by atoms with Crippen molar-refractivity contribution >= 4 is 17.3 Å². The SMILES string of the molecule is CCCCNC(=NC)NCC(C)Cc1cccs1. The third-order valence-corrected chi connectivity index (χ3v) is 3.69. The highest BCUT2D eigenvalue weighted by Crippen LogP contribution is 2.13. The Morgan fingerprint density at radius 3 is 2.89 bits per heavy atom. The van der Waals surface area contributed by atoms with E-state index < -0.39 is 0 Å². The molecule has 0 saturated carbocycles. The molecule has 0 aromatic carbocycles. The quantitative estimate of drug-likeness (QED) is 0.453. The van der Waals surface area contributed by atoms with Gasteiger partial charge >= 0.3 is 0 Å². The summed E-state index contributed by atoms with van der Waals surface area (Å²) in [5.41, 5.74) is 0. The number of guanidine groups is 1. The van der Waals surface area contributed by atoms with Gasteiger partial charge in [0.25, 0.3) is 0 Å². The summed E-state index contributed by atoms with van der Waals surface area (Å²) in [7, 11) is 1.82. The molecular weight excluding hydrogens is 242 g/mol. The highest BCUT2D eigenvalue weighted by Gasteiger charge is 2.05. The van der Waals surface area contributed by atoms with Crippen LogP contribution < -0.4 is 10.6 Å². The van der Waals surface area contributed by atoms with Crippen molar-refractivity contribution in [3.8, 4) is 0 Å². The maximum absolute atomic E-state index is 4.23. The molecule has 0 amide bonds. The van der Waals surface area contributed by atoms with Crippen LogP contribution in [0.3, 0.4) is 0 Å². The van der Waals surface area contributed by atoms with Gasteiger partial charge in [-0.25, -0.2) is 0 Å². The summed E-state index contributed by atoms with van der Waals surface area (Å²) in [5, 5.41) is 8.85. The van der Waals surface area contributed by atoms with Crippen LogP contribution in [0, 0.1) is 5.92 Å². The van der Waals surface area contributed by atoms with Crippen molar-refractivity contribution in [1.29, 1.82) is 0 Å². The van der Waals surface area contributed by atoms with Gasteiger partial charge in [-0.1, -0.05) is 26.3 Å². The number of hydrogen-bond donors (Lipinski definition) is 2. The molecule has 0 aliphatic heterocycles. The van der Waals surface area contributed by atoms with E-state index in [4.69, 9.17) is 0 Å². The van der Waals surface area contributed by atoms with Crippen LogP contribution in [0.1, 0.15) is 31.6 Å². The molecule has 0 saturated heterocycles. The van der Waals surface area contributed by atoms with Crippen molar-refractivity contribution in [3.05, 3.63) is 22.4 Å². The molecule has 0 radical (unpaired) electrons. The first-order chi connectivity index (χ1) is 8.76. The van der Waals surface area contributed by atoms with Crippen molar-refractivity contribution in [2.45, 2.75) is 33.1 Å². The van der Waals surface area contributed by atoms with E-state index in [1.54, 1.807) is 0 Å². The number of unbranched alkanes of at least 4 members (excludes halogenated alkanes) is 1. The first kappa shape index (κ1) is 15.0. The van der Waals surface area contributed by atoms with E-state index >= 15 is 0 Å². The first-order valence-corrected chi connectivity index (χ1v) is 7.61. The predicted octanol–water partition coefficient (Wildman–Crippen LogP) is 2.89. The van der Waals surface area contributed by atoms with Gasteiger partial charge in [-0.3, -0.25) is 4.99 Å². The lowest BCUT2D eigenvalue weighted by atomic mass is 10.1. The van der Waals surface area contributed by atoms with Crippen LogP contribution in [0.2, 0.25) is 0 Å². The van der Waals surface area contributed by atoms with Crippen molar-refractivity contribution in [3.63, 3.8) is 0 Å². The highest BCUT2D eigenvalue weighted by molar-refractivity contribution is 7.09. The Bertz CT molecular complexity index is 333. The molecule has 1 aromatic heterocycles. The molecule has 3 nitrogen and oxygen atoms in total. The molecule has 1 rings (SSSR count). The first-order valence-electron chi connectivity index (χ1n) is 6.73. The smallest absolute Gasteiger partial charge is 0.190 e. The zero-order valence-corrected chi connectivity index (χ0v) is 12.5. The number of nitrogens with zero attached hydrogens (tertiary/aromatic N) is 1. The molecule has 0 aliphatic rings. The van der Waals surface area contributed by atoms with E-state index in [2.05, 4.69) is 47.0 Å². The Morgan fingerprint density at radius 2 is 2.28 bits per heavy atom. The zero-order chi connectivity index (χ0) is 13.2. The summed E-state index contributed by atoms with van der Waals surface area (Å²) in [6, 6.07) is 4.32. The van der Waals surface area contributed by atoms with Crippen molar-refractivity contribution in [1.82, 2.24) is 10.6 Å². The normalized spacial score (nSPS) is 13.4. The molecule has 2 N–H and O–H groups in total. The van der Waals surface area contributed by atoms with Gasteiger partial charge in [0.15, 0.2) is 5.96 Å². The summed E-state index contributed by atoms with van der Waals surface area (Å²) >= 11 is 1.83. The Kier molecular flexibility index (Phi) is 7.49. The van der Waals surface area contributed by atoms with Gasteiger partial charge in [0, 0.05) is 25.0 Å². The Morgan fingerprint density at radius 1 is 1.44 bits per heavy atom. The fourth-order valence-corrected chi connectivity index (χ4v) is 2.59. The largest absolute Gasteiger partial charge is 0.356 e. The summed E-state index contributed by atoms with van der Waals surface area (Å²) in [6.45, 7) is 6.42. The molecule has 0 bridgehead atoms. The minimum atomic E-state index is 0.619. The number of rotatable bonds is 7. The predicted molar refractivity (Wildman–Crippen MR) is 81.5 cm³/mol. The standard InChI is InChI=1S/C14H25N3S/c1-4-5-8-16-14(15-3)17-11-12(2)10-13-7-6-9-18-13/h6-7,9,12H,4-5,8,10-11H2,1-3H3,(H2,15,16,17).